The third-order valence-corrected chi connectivity index (χ3v) is 14.3. The molecule has 0 aliphatic carbocycles. The van der Waals surface area contributed by atoms with Gasteiger partial charge in [-0.1, -0.05) is 20.1 Å². The van der Waals surface area contributed by atoms with Crippen molar-refractivity contribution in [1.29, 1.82) is 0 Å². The maximum atomic E-state index is 14.1. The summed E-state index contributed by atoms with van der Waals surface area (Å²) < 4.78 is 60.1. The molecular formula is C41H61NO11. The zero-order valence-corrected chi connectivity index (χ0v) is 31.5. The number of fused-ring (bicyclic) bond motifs is 6. The maximum Gasteiger partial charge on any atom is 0.135 e. The Kier molecular flexibility index (Phi) is 10.5. The molecule has 0 radical (unpaired) electrons. The highest BCUT2D eigenvalue weighted by molar-refractivity contribution is 5.79. The Morgan fingerprint density at radius 3 is 2.43 bits per heavy atom. The van der Waals surface area contributed by atoms with Crippen LogP contribution >= 0.6 is 0 Å². The monoisotopic (exact) mass is 743 g/mol. The van der Waals surface area contributed by atoms with Crippen LogP contribution in [0.3, 0.4) is 0 Å². The van der Waals surface area contributed by atoms with Crippen LogP contribution in [0.5, 0.6) is 0 Å². The SMILES string of the molecule is C=C1C2CC3OC(CC(O)CN)[C@H](OC)C3CC(=O)CC3CCC4O[C@@H]5C6O[C@@H]7C[C@@](CCC8CC(=C)[C@H](CCC(C[C@H]1C)O2)O8)(COC6[C@H]4O3)OC57. The first-order chi connectivity index (χ1) is 25.6. The lowest BCUT2D eigenvalue weighted by atomic mass is 9.81. The van der Waals surface area contributed by atoms with Gasteiger partial charge in [0.2, 0.25) is 0 Å². The fraction of sp³-hybridized carbons (Fsp3) is 0.878. The number of methoxy groups -OCH3 is 1. The zero-order valence-electron chi connectivity index (χ0n) is 31.5. The van der Waals surface area contributed by atoms with Gasteiger partial charge in [0.05, 0.1) is 79.4 Å². The molecule has 10 fully saturated rings. The van der Waals surface area contributed by atoms with Gasteiger partial charge in [0.15, 0.2) is 0 Å². The minimum Gasteiger partial charge on any atom is -0.392 e. The first kappa shape index (κ1) is 37.3. The van der Waals surface area contributed by atoms with Crippen LogP contribution in [0.15, 0.2) is 24.3 Å². The molecule has 0 aromatic carbocycles. The van der Waals surface area contributed by atoms with Crippen LogP contribution in [0.25, 0.3) is 0 Å². The van der Waals surface area contributed by atoms with E-state index < -0.39 is 17.8 Å². The molecule has 296 valence electrons. The lowest BCUT2D eigenvalue weighted by molar-refractivity contribution is -0.300. The Labute approximate surface area is 313 Å². The van der Waals surface area contributed by atoms with E-state index in [0.29, 0.717) is 25.9 Å². The summed E-state index contributed by atoms with van der Waals surface area (Å²) in [5, 5.41) is 10.5. The van der Waals surface area contributed by atoms with Crippen LogP contribution in [0, 0.1) is 11.8 Å². The smallest absolute Gasteiger partial charge is 0.135 e. The number of carbonyl (C=O) groups is 1. The lowest BCUT2D eigenvalue weighted by Gasteiger charge is -2.50. The quantitative estimate of drug-likeness (QED) is 0.407. The molecule has 0 aromatic heterocycles. The van der Waals surface area contributed by atoms with Crippen molar-refractivity contribution >= 4 is 5.78 Å². The first-order valence-electron chi connectivity index (χ1n) is 20.6. The van der Waals surface area contributed by atoms with Crippen molar-refractivity contribution in [2.24, 2.45) is 17.6 Å². The summed E-state index contributed by atoms with van der Waals surface area (Å²) in [6.07, 6.45) is 5.42. The van der Waals surface area contributed by atoms with Crippen molar-refractivity contribution < 1.29 is 52.5 Å². The summed E-state index contributed by atoms with van der Waals surface area (Å²) in [5.41, 5.74) is 7.57. The molecule has 0 saturated carbocycles. The minimum atomic E-state index is -0.728. The second-order valence-corrected chi connectivity index (χ2v) is 17.9. The molecular weight excluding hydrogens is 682 g/mol. The maximum absolute atomic E-state index is 14.1. The third-order valence-electron chi connectivity index (χ3n) is 14.3. The molecule has 53 heavy (non-hydrogen) atoms. The average Bonchev–Trinajstić information content (AvgIpc) is 3.87. The highest BCUT2D eigenvalue weighted by atomic mass is 16.7. The van der Waals surface area contributed by atoms with Crippen LogP contribution in [0.1, 0.15) is 90.4 Å². The number of Topliss-reactive ketones (excluding diaryl/α,β-unsaturated/α-hetero) is 1. The first-order valence-corrected chi connectivity index (χ1v) is 20.6. The van der Waals surface area contributed by atoms with Crippen molar-refractivity contribution in [3.05, 3.63) is 24.3 Å². The standard InChI is InChI=1S/C41H61NO11/c1-20-11-25-5-7-29-21(2)12-27(47-29)9-10-41-17-34-37(53-41)39-40(52-34)38(46-19-41)36-30(51-39)8-6-26(49-36)13-23(43)14-28-32(16-31(48-25)22(20)3)50-33(35(28)45-4)15-24(44)18-42/h20,24-40,44H,2-3,5-19,42H2,1,4H3/t20-,24?,25?,26?,27?,28?,29+,30?,31?,32?,33?,34-,35-,36+,37?,38?,39+,40?,41+/m1/s1. The second kappa shape index (κ2) is 14.9. The Morgan fingerprint density at radius 2 is 1.60 bits per heavy atom. The zero-order chi connectivity index (χ0) is 36.6. The number of hydrogen-bond acceptors (Lipinski definition) is 12. The normalized spacial score (nSPS) is 51.8. The van der Waals surface area contributed by atoms with Crippen molar-refractivity contribution in [3.8, 4) is 0 Å². The van der Waals surface area contributed by atoms with E-state index in [1.54, 1.807) is 7.11 Å². The van der Waals surface area contributed by atoms with E-state index in [0.717, 1.165) is 68.9 Å². The Hall–Kier alpha value is -1.29. The summed E-state index contributed by atoms with van der Waals surface area (Å²) in [5.74, 6) is 0.167. The molecule has 1 spiro atoms. The molecule has 0 amide bonds. The van der Waals surface area contributed by atoms with E-state index in [9.17, 15) is 9.90 Å². The van der Waals surface area contributed by atoms with E-state index in [1.807, 2.05) is 0 Å². The molecule has 12 heteroatoms. The summed E-state index contributed by atoms with van der Waals surface area (Å²) >= 11 is 0. The van der Waals surface area contributed by atoms with E-state index >= 15 is 0 Å². The highest BCUT2D eigenvalue weighted by Gasteiger charge is 2.66. The fourth-order valence-corrected chi connectivity index (χ4v) is 11.5. The number of ether oxygens (including phenoxy) is 9. The predicted octanol–water partition coefficient (Wildman–Crippen LogP) is 3.48. The number of ketones is 1. The molecule has 12 unspecified atom stereocenters. The summed E-state index contributed by atoms with van der Waals surface area (Å²) in [4.78, 5) is 14.1. The van der Waals surface area contributed by atoms with Gasteiger partial charge in [0.25, 0.3) is 0 Å². The van der Waals surface area contributed by atoms with Gasteiger partial charge in [0, 0.05) is 51.7 Å². The minimum absolute atomic E-state index is 0.00465. The van der Waals surface area contributed by atoms with Gasteiger partial charge in [-0.15, -0.1) is 0 Å². The van der Waals surface area contributed by atoms with Crippen molar-refractivity contribution in [1.82, 2.24) is 0 Å². The molecule has 12 bridgehead atoms. The molecule has 0 aromatic rings. The Morgan fingerprint density at radius 1 is 0.830 bits per heavy atom. The molecule has 10 aliphatic rings. The highest BCUT2D eigenvalue weighted by Crippen LogP contribution is 2.52. The van der Waals surface area contributed by atoms with Gasteiger partial charge in [-0.2, -0.15) is 0 Å². The van der Waals surface area contributed by atoms with Crippen LogP contribution in [0.2, 0.25) is 0 Å². The van der Waals surface area contributed by atoms with Crippen LogP contribution in [-0.4, -0.2) is 134 Å². The van der Waals surface area contributed by atoms with Crippen molar-refractivity contribution in [2.75, 3.05) is 20.3 Å². The van der Waals surface area contributed by atoms with E-state index in [4.69, 9.17) is 48.4 Å². The molecule has 10 aliphatic heterocycles. The van der Waals surface area contributed by atoms with Gasteiger partial charge in [-0.05, 0) is 68.4 Å². The number of carbonyl (C=O) groups excluding carboxylic acids is 1. The number of hydrogen-bond donors (Lipinski definition) is 2. The van der Waals surface area contributed by atoms with Crippen LogP contribution < -0.4 is 5.73 Å². The fourth-order valence-electron chi connectivity index (χ4n) is 11.5. The summed E-state index contributed by atoms with van der Waals surface area (Å²) in [6, 6.07) is 0. The lowest BCUT2D eigenvalue weighted by Crippen LogP contribution is -2.64. The molecule has 10 saturated heterocycles. The number of aliphatic hydroxyl groups is 1. The largest absolute Gasteiger partial charge is 0.392 e. The number of nitrogens with two attached hydrogens (primary N) is 1. The number of aliphatic hydroxyl groups excluding tert-OH is 1. The Bertz CT molecular complexity index is 1400. The topological polar surface area (TPSA) is 146 Å². The van der Waals surface area contributed by atoms with E-state index in [-0.39, 0.29) is 116 Å². The van der Waals surface area contributed by atoms with Gasteiger partial charge >= 0.3 is 0 Å². The Balaban J connectivity index is 0.987. The summed E-state index contributed by atoms with van der Waals surface area (Å²) in [6.45, 7) is 11.8. The van der Waals surface area contributed by atoms with Crippen molar-refractivity contribution in [3.63, 3.8) is 0 Å². The molecule has 10 heterocycles. The van der Waals surface area contributed by atoms with Crippen molar-refractivity contribution in [2.45, 2.75) is 194 Å². The van der Waals surface area contributed by atoms with Gasteiger partial charge in [-0.3, -0.25) is 4.79 Å². The van der Waals surface area contributed by atoms with Crippen LogP contribution in [-0.2, 0) is 47.4 Å². The van der Waals surface area contributed by atoms with Gasteiger partial charge in [-0.25, -0.2) is 0 Å². The second-order valence-electron chi connectivity index (χ2n) is 17.9. The van der Waals surface area contributed by atoms with Gasteiger partial charge < -0.3 is 53.5 Å². The molecule has 10 rings (SSSR count). The predicted molar refractivity (Wildman–Crippen MR) is 191 cm³/mol. The summed E-state index contributed by atoms with van der Waals surface area (Å²) in [7, 11) is 1.66. The number of rotatable bonds is 4. The molecule has 3 N–H and O–H groups in total. The van der Waals surface area contributed by atoms with Crippen LogP contribution in [0.4, 0.5) is 0 Å². The molecule has 19 atom stereocenters. The van der Waals surface area contributed by atoms with E-state index in [1.165, 1.54) is 0 Å². The average molecular weight is 744 g/mol. The third kappa shape index (κ3) is 7.04. The van der Waals surface area contributed by atoms with E-state index in [2.05, 4.69) is 20.1 Å². The molecule has 12 nitrogen and oxygen atoms in total. The van der Waals surface area contributed by atoms with Gasteiger partial charge in [0.1, 0.15) is 36.3 Å².